The fraction of sp³-hybridized carbons (Fsp3) is 0.364. The Hall–Kier alpha value is -1.16. The summed E-state index contributed by atoms with van der Waals surface area (Å²) in [6.07, 6.45) is 2.96. The summed E-state index contributed by atoms with van der Waals surface area (Å²) in [5, 5.41) is 12.5. The van der Waals surface area contributed by atoms with Crippen LogP contribution in [0.2, 0.25) is 0 Å². The van der Waals surface area contributed by atoms with Crippen LogP contribution in [0.3, 0.4) is 0 Å². The summed E-state index contributed by atoms with van der Waals surface area (Å²) >= 11 is 2.41. The number of hydrogen-bond donors (Lipinski definition) is 3. The van der Waals surface area contributed by atoms with E-state index in [1.807, 2.05) is 0 Å². The summed E-state index contributed by atoms with van der Waals surface area (Å²) in [7, 11) is -3.40. The highest BCUT2D eigenvalue weighted by Crippen LogP contribution is 2.39. The van der Waals surface area contributed by atoms with Crippen molar-refractivity contribution in [3.05, 3.63) is 21.3 Å². The zero-order valence-electron chi connectivity index (χ0n) is 11.0. The molecular formula is C11H15N3O3S3. The maximum Gasteiger partial charge on any atom is 0.180 e. The molecule has 2 heterocycles. The zero-order valence-corrected chi connectivity index (χ0v) is 13.4. The molecule has 0 radical (unpaired) electrons. The van der Waals surface area contributed by atoms with Gasteiger partial charge in [0.05, 0.1) is 10.6 Å². The molecule has 5 N–H and O–H groups in total. The molecule has 9 heteroatoms. The average Bonchev–Trinajstić information content (AvgIpc) is 2.83. The molecule has 0 aliphatic heterocycles. The first-order chi connectivity index (χ1) is 9.11. The van der Waals surface area contributed by atoms with E-state index in [4.69, 9.17) is 11.5 Å². The summed E-state index contributed by atoms with van der Waals surface area (Å²) in [5.74, 6) is 0. The second-order valence-electron chi connectivity index (χ2n) is 4.73. The molecule has 2 aromatic rings. The molecule has 0 saturated carbocycles. The van der Waals surface area contributed by atoms with Gasteiger partial charge in [-0.05, 0) is 6.92 Å². The Morgan fingerprint density at radius 3 is 2.55 bits per heavy atom. The predicted molar refractivity (Wildman–Crippen MR) is 81.6 cm³/mol. The zero-order chi connectivity index (χ0) is 15.1. The Balaban J connectivity index is 2.37. The quantitative estimate of drug-likeness (QED) is 0.774. The number of sulfone groups is 1. The van der Waals surface area contributed by atoms with Crippen molar-refractivity contribution in [3.8, 4) is 0 Å². The third-order valence-electron chi connectivity index (χ3n) is 2.77. The van der Waals surface area contributed by atoms with Crippen molar-refractivity contribution in [1.29, 1.82) is 0 Å². The van der Waals surface area contributed by atoms with E-state index in [0.717, 1.165) is 22.5 Å². The van der Waals surface area contributed by atoms with E-state index in [1.165, 1.54) is 16.7 Å². The molecule has 6 nitrogen and oxygen atoms in total. The van der Waals surface area contributed by atoms with Crippen molar-refractivity contribution in [1.82, 2.24) is 4.98 Å². The molecule has 1 unspecified atom stereocenters. The van der Waals surface area contributed by atoms with E-state index in [2.05, 4.69) is 4.98 Å². The van der Waals surface area contributed by atoms with Crippen molar-refractivity contribution >= 4 is 43.3 Å². The van der Waals surface area contributed by atoms with Crippen LogP contribution in [0.4, 0.5) is 10.8 Å². The van der Waals surface area contributed by atoms with Crippen LogP contribution in [-0.2, 0) is 21.9 Å². The fourth-order valence-electron chi connectivity index (χ4n) is 1.88. The van der Waals surface area contributed by atoms with Crippen molar-refractivity contribution in [2.24, 2.45) is 0 Å². The highest BCUT2D eigenvalue weighted by molar-refractivity contribution is 7.91. The molecule has 20 heavy (non-hydrogen) atoms. The molecule has 0 saturated heterocycles. The van der Waals surface area contributed by atoms with Crippen molar-refractivity contribution in [2.75, 3.05) is 17.7 Å². The van der Waals surface area contributed by atoms with Crippen LogP contribution in [0, 0.1) is 0 Å². The average molecular weight is 333 g/mol. The van der Waals surface area contributed by atoms with E-state index >= 15 is 0 Å². The largest absolute Gasteiger partial charge is 0.397 e. The molecule has 0 bridgehead atoms. The lowest BCUT2D eigenvalue weighted by Crippen LogP contribution is -2.24. The van der Waals surface area contributed by atoms with Gasteiger partial charge in [0, 0.05) is 29.1 Å². The third-order valence-corrected chi connectivity index (χ3v) is 6.13. The first-order valence-corrected chi connectivity index (χ1v) is 9.20. The Labute approximate surface area is 125 Å². The summed E-state index contributed by atoms with van der Waals surface area (Å²) < 4.78 is 23.2. The normalized spacial score (nSPS) is 15.2. The van der Waals surface area contributed by atoms with Gasteiger partial charge in [-0.1, -0.05) is 0 Å². The summed E-state index contributed by atoms with van der Waals surface area (Å²) in [4.78, 5) is 5.22. The summed E-state index contributed by atoms with van der Waals surface area (Å²) in [6.45, 7) is 1.59. The summed E-state index contributed by atoms with van der Waals surface area (Å²) in [6, 6.07) is 0. The van der Waals surface area contributed by atoms with Gasteiger partial charge in [0.2, 0.25) is 0 Å². The van der Waals surface area contributed by atoms with Crippen LogP contribution in [0.25, 0.3) is 0 Å². The number of hydrogen-bond acceptors (Lipinski definition) is 8. The molecule has 0 aromatic carbocycles. The van der Waals surface area contributed by atoms with Gasteiger partial charge in [0.15, 0.2) is 15.0 Å². The molecule has 0 spiro atoms. The van der Waals surface area contributed by atoms with Crippen LogP contribution in [0.5, 0.6) is 0 Å². The first-order valence-electron chi connectivity index (χ1n) is 5.61. The van der Waals surface area contributed by atoms with Gasteiger partial charge in [-0.25, -0.2) is 13.4 Å². The number of anilines is 2. The minimum atomic E-state index is -3.40. The number of aliphatic hydroxyl groups is 1. The van der Waals surface area contributed by atoms with Gasteiger partial charge < -0.3 is 16.6 Å². The van der Waals surface area contributed by atoms with Crippen molar-refractivity contribution < 1.29 is 13.5 Å². The molecule has 0 aliphatic rings. The Bertz CT molecular complexity index is 731. The molecule has 0 fully saturated rings. The lowest BCUT2D eigenvalue weighted by molar-refractivity contribution is 0.0629. The molecule has 2 rings (SSSR count). The Morgan fingerprint density at radius 1 is 1.45 bits per heavy atom. The maximum atomic E-state index is 11.6. The number of thiophene rings is 1. The number of nitrogens with two attached hydrogens (primary N) is 2. The van der Waals surface area contributed by atoms with Crippen molar-refractivity contribution in [2.45, 2.75) is 23.8 Å². The van der Waals surface area contributed by atoms with Gasteiger partial charge in [-0.2, -0.15) is 0 Å². The molecule has 2 aromatic heterocycles. The molecule has 1 atom stereocenters. The summed E-state index contributed by atoms with van der Waals surface area (Å²) in [5.41, 5.74) is 10.3. The van der Waals surface area contributed by atoms with Crippen LogP contribution in [0.1, 0.15) is 16.7 Å². The van der Waals surface area contributed by atoms with Crippen LogP contribution >= 0.6 is 22.7 Å². The van der Waals surface area contributed by atoms with Crippen LogP contribution in [0.15, 0.2) is 16.5 Å². The lowest BCUT2D eigenvalue weighted by atomic mass is 9.99. The SMILES string of the molecule is CC(O)(Cc1cnc(N)s1)c1scc(S(C)(=O)=O)c1N. The van der Waals surface area contributed by atoms with E-state index in [0.29, 0.717) is 10.0 Å². The lowest BCUT2D eigenvalue weighted by Gasteiger charge is -2.22. The van der Waals surface area contributed by atoms with Gasteiger partial charge >= 0.3 is 0 Å². The number of thiazole rings is 1. The van der Waals surface area contributed by atoms with E-state index < -0.39 is 15.4 Å². The van der Waals surface area contributed by atoms with Gasteiger partial charge in [-0.15, -0.1) is 22.7 Å². The minimum absolute atomic E-state index is 0.0570. The van der Waals surface area contributed by atoms with E-state index in [9.17, 15) is 13.5 Å². The second-order valence-corrected chi connectivity index (χ2v) is 8.74. The highest BCUT2D eigenvalue weighted by atomic mass is 32.2. The maximum absolute atomic E-state index is 11.6. The number of nitrogens with zero attached hydrogens (tertiary/aromatic N) is 1. The number of rotatable bonds is 4. The van der Waals surface area contributed by atoms with E-state index in [-0.39, 0.29) is 17.0 Å². The van der Waals surface area contributed by atoms with Gasteiger partial charge in [0.25, 0.3) is 0 Å². The van der Waals surface area contributed by atoms with Gasteiger partial charge in [0.1, 0.15) is 10.5 Å². The smallest absolute Gasteiger partial charge is 0.180 e. The number of aromatic nitrogens is 1. The Morgan fingerprint density at radius 2 is 2.10 bits per heavy atom. The molecule has 110 valence electrons. The van der Waals surface area contributed by atoms with E-state index in [1.54, 1.807) is 13.1 Å². The minimum Gasteiger partial charge on any atom is -0.397 e. The molecule has 0 amide bonds. The standard InChI is InChI=1S/C11H15N3O3S3/c1-11(15,3-6-4-14-10(13)19-6)9-8(12)7(5-18-9)20(2,16)17/h4-5,15H,3,12H2,1-2H3,(H2,13,14). The molecule has 0 aliphatic carbocycles. The Kier molecular flexibility index (Phi) is 3.80. The number of nitrogen functional groups attached to an aromatic ring is 2. The first kappa shape index (κ1) is 15.2. The topological polar surface area (TPSA) is 119 Å². The van der Waals surface area contributed by atoms with Crippen LogP contribution < -0.4 is 11.5 Å². The highest BCUT2D eigenvalue weighted by Gasteiger charge is 2.31. The third kappa shape index (κ3) is 2.95. The fourth-order valence-corrected chi connectivity index (χ4v) is 5.04. The monoisotopic (exact) mass is 333 g/mol. The second kappa shape index (κ2) is 4.99. The van der Waals surface area contributed by atoms with Crippen LogP contribution in [-0.4, -0.2) is 24.8 Å². The van der Waals surface area contributed by atoms with Gasteiger partial charge in [-0.3, -0.25) is 0 Å². The molecular weight excluding hydrogens is 318 g/mol. The predicted octanol–water partition coefficient (Wildman–Crippen LogP) is 1.22. The van der Waals surface area contributed by atoms with Crippen molar-refractivity contribution in [3.63, 3.8) is 0 Å².